The van der Waals surface area contributed by atoms with Gasteiger partial charge in [-0.1, -0.05) is 13.5 Å². The summed E-state index contributed by atoms with van der Waals surface area (Å²) in [5, 5.41) is 18.2. The van der Waals surface area contributed by atoms with Gasteiger partial charge in [0, 0.05) is 18.7 Å². The van der Waals surface area contributed by atoms with Gasteiger partial charge < -0.3 is 31.9 Å². The Balaban J connectivity index is 0.000000316. The number of hydrogen-bond donors (Lipinski definition) is 5. The first-order valence-electron chi connectivity index (χ1n) is 14.2. The zero-order valence-corrected chi connectivity index (χ0v) is 25.6. The van der Waals surface area contributed by atoms with Crippen LogP contribution >= 0.6 is 12.4 Å². The molecule has 0 aliphatic heterocycles. The number of rotatable bonds is 8. The average Bonchev–Trinajstić information content (AvgIpc) is 3.55. The number of ether oxygens (including phenoxy) is 1. The molecule has 7 N–H and O–H groups in total. The molecule has 3 saturated carbocycles. The summed E-state index contributed by atoms with van der Waals surface area (Å²) in [6, 6.07) is 6.40. The molecule has 2 bridgehead atoms. The Hall–Kier alpha value is -4.89. The number of carboxylic acids is 1. The molecule has 0 radical (unpaired) electrons. The van der Waals surface area contributed by atoms with Crippen LogP contribution in [-0.2, 0) is 16.1 Å². The van der Waals surface area contributed by atoms with E-state index in [9.17, 15) is 33.5 Å². The summed E-state index contributed by atoms with van der Waals surface area (Å²) in [6.07, 6.45) is 7.63. The molecule has 0 unspecified atom stereocenters. The summed E-state index contributed by atoms with van der Waals surface area (Å²) < 4.78 is 20.1. The summed E-state index contributed by atoms with van der Waals surface area (Å²) in [6.45, 7) is 0.730. The van der Waals surface area contributed by atoms with Gasteiger partial charge in [0.25, 0.3) is 16.8 Å². The first-order chi connectivity index (χ1) is 21.4. The predicted octanol–water partition coefficient (Wildman–Crippen LogP) is 2.94. The van der Waals surface area contributed by atoms with E-state index in [1.54, 1.807) is 0 Å². The number of hydrogen-bond acceptors (Lipinski definition) is 11. The summed E-state index contributed by atoms with van der Waals surface area (Å²) in [4.78, 5) is 62.3. The Morgan fingerprint density at radius 1 is 1.06 bits per heavy atom. The van der Waals surface area contributed by atoms with Crippen molar-refractivity contribution in [2.24, 2.45) is 16.6 Å². The van der Waals surface area contributed by atoms with Crippen molar-refractivity contribution in [2.45, 2.75) is 52.5 Å². The van der Waals surface area contributed by atoms with Gasteiger partial charge >= 0.3 is 11.9 Å². The Kier molecular flexibility index (Phi) is 11.1. The predicted molar refractivity (Wildman–Crippen MR) is 174 cm³/mol. The normalized spacial score (nSPS) is 19.5. The molecule has 0 atom stereocenters. The minimum atomic E-state index is -1.28. The second kappa shape index (κ2) is 14.3. The van der Waals surface area contributed by atoms with Gasteiger partial charge in [-0.3, -0.25) is 19.2 Å². The number of aromatic carboxylic acids is 1. The summed E-state index contributed by atoms with van der Waals surface area (Å²) in [7, 11) is 1.50. The maximum atomic E-state index is 14.1. The lowest BCUT2D eigenvalue weighted by atomic mass is 9.54. The molecule has 3 aliphatic carbocycles. The second-order valence-electron chi connectivity index (χ2n) is 11.5. The molecule has 1 amide bonds. The van der Waals surface area contributed by atoms with Crippen LogP contribution in [0.15, 0.2) is 46.1 Å². The molecule has 0 spiro atoms. The number of esters is 1. The number of amides is 1. The summed E-state index contributed by atoms with van der Waals surface area (Å²) in [5.41, 5.74) is 9.47. The molecular formula is C31H37ClFN7O7. The van der Waals surface area contributed by atoms with Gasteiger partial charge in [-0.05, 0) is 68.2 Å². The molecule has 2 aromatic carbocycles. The summed E-state index contributed by atoms with van der Waals surface area (Å²) in [5.74, 6) is -2.63. The number of halogens is 2. The van der Waals surface area contributed by atoms with E-state index < -0.39 is 28.6 Å². The Bertz CT molecular complexity index is 1860. The Morgan fingerprint density at radius 2 is 1.72 bits per heavy atom. The van der Waals surface area contributed by atoms with Crippen molar-refractivity contribution in [3.63, 3.8) is 0 Å². The number of nitrogen functional groups attached to an aromatic ring is 1. The molecule has 16 heteroatoms. The van der Waals surface area contributed by atoms with E-state index in [-0.39, 0.29) is 71.9 Å². The van der Waals surface area contributed by atoms with Crippen molar-refractivity contribution >= 4 is 53.0 Å². The molecule has 3 aliphatic rings. The summed E-state index contributed by atoms with van der Waals surface area (Å²) >= 11 is 0. The quantitative estimate of drug-likeness (QED) is 0.135. The minimum absolute atomic E-state index is 0. The second-order valence-corrected chi connectivity index (χ2v) is 11.5. The largest absolute Gasteiger partial charge is 0.477 e. The fraction of sp³-hybridized carbons (Fsp3) is 0.387. The third-order valence-electron chi connectivity index (χ3n) is 8.95. The van der Waals surface area contributed by atoms with E-state index in [0.717, 1.165) is 61.7 Å². The first kappa shape index (κ1) is 36.6. The van der Waals surface area contributed by atoms with E-state index in [1.165, 1.54) is 31.5 Å². The number of carbonyl (C=O) groups is 3. The number of fused-ring (bicyclic) bond motifs is 4. The van der Waals surface area contributed by atoms with Crippen LogP contribution in [0.4, 0.5) is 21.5 Å². The van der Waals surface area contributed by atoms with Crippen LogP contribution < -0.4 is 33.0 Å². The fourth-order valence-electron chi connectivity index (χ4n) is 5.99. The van der Waals surface area contributed by atoms with Crippen molar-refractivity contribution in [3.8, 4) is 0 Å². The van der Waals surface area contributed by atoms with Gasteiger partial charge in [0.15, 0.2) is 11.3 Å². The number of carbonyl (C=O) groups excluding carboxylic acids is 2. The number of nitrogens with one attached hydrogen (secondary N) is 2. The van der Waals surface area contributed by atoms with Crippen LogP contribution in [-0.4, -0.2) is 51.2 Å². The molecule has 2 aromatic heterocycles. The van der Waals surface area contributed by atoms with Crippen molar-refractivity contribution in [3.05, 3.63) is 79.7 Å². The van der Waals surface area contributed by atoms with E-state index in [1.807, 2.05) is 0 Å². The van der Waals surface area contributed by atoms with Crippen molar-refractivity contribution < 1.29 is 28.6 Å². The Morgan fingerprint density at radius 3 is 2.30 bits per heavy atom. The van der Waals surface area contributed by atoms with E-state index in [4.69, 9.17) is 16.2 Å². The maximum Gasteiger partial charge on any atom is 0.354 e. The molecule has 2 heterocycles. The van der Waals surface area contributed by atoms with Gasteiger partial charge in [-0.2, -0.15) is 5.10 Å². The highest BCUT2D eigenvalue weighted by atomic mass is 35.5. The van der Waals surface area contributed by atoms with Crippen LogP contribution in [0.1, 0.15) is 72.5 Å². The van der Waals surface area contributed by atoms with Crippen LogP contribution in [0, 0.1) is 16.6 Å². The fourth-order valence-corrected chi connectivity index (χ4v) is 5.99. The first-order valence-corrected chi connectivity index (χ1v) is 14.2. The van der Waals surface area contributed by atoms with Crippen molar-refractivity contribution in [1.82, 2.24) is 19.9 Å². The van der Waals surface area contributed by atoms with E-state index in [0.29, 0.717) is 11.0 Å². The molecule has 252 valence electrons. The lowest BCUT2D eigenvalue weighted by molar-refractivity contribution is -0.162. The standard InChI is InChI=1S/C19H13FN6O5.C11H19NO2.CH4.ClH/c20-9-2-1-8(5-10(9)25-15-14(21)16(27)17(15)28)7-22-18(29)11-6-12(19(30)31)26-13(24-11)3-4-23-26;1-14-9(13)11-5-2-10(8-12,3-6-11)4-7-11;;/h1-6,25H,7,21H2,(H,22,29)(H,30,31);2-8,12H2,1H3;1H4;1H. The molecule has 7 rings (SSSR count). The van der Waals surface area contributed by atoms with Crippen LogP contribution in [0.25, 0.3) is 5.65 Å². The minimum Gasteiger partial charge on any atom is -0.477 e. The van der Waals surface area contributed by atoms with E-state index >= 15 is 0 Å². The highest BCUT2D eigenvalue weighted by Gasteiger charge is 2.52. The third kappa shape index (κ3) is 6.95. The Labute approximate surface area is 274 Å². The van der Waals surface area contributed by atoms with Crippen molar-refractivity contribution in [1.29, 1.82) is 0 Å². The molecule has 47 heavy (non-hydrogen) atoms. The van der Waals surface area contributed by atoms with Crippen molar-refractivity contribution in [2.75, 3.05) is 24.7 Å². The SMILES string of the molecule is C.COC(=O)C12CCC(CN)(CC1)CC2.Cl.Nc1c(Nc2cc(CNC(=O)c3cc(C(=O)O)n4nccc4n3)ccc2F)c(=O)c1=O. The number of nitrogens with two attached hydrogens (primary N) is 2. The molecular weight excluding hydrogens is 637 g/mol. The van der Waals surface area contributed by atoms with Crippen LogP contribution in [0.5, 0.6) is 0 Å². The average molecular weight is 674 g/mol. The monoisotopic (exact) mass is 673 g/mol. The topological polar surface area (TPSA) is 221 Å². The zero-order chi connectivity index (χ0) is 32.5. The van der Waals surface area contributed by atoms with Gasteiger partial charge in [-0.15, -0.1) is 12.4 Å². The number of benzene rings is 1. The molecule has 4 aromatic rings. The maximum absolute atomic E-state index is 14.1. The zero-order valence-electron chi connectivity index (χ0n) is 24.8. The smallest absolute Gasteiger partial charge is 0.354 e. The van der Waals surface area contributed by atoms with Gasteiger partial charge in [-0.25, -0.2) is 18.7 Å². The lowest BCUT2D eigenvalue weighted by Gasteiger charge is -2.51. The van der Waals surface area contributed by atoms with Gasteiger partial charge in [0.1, 0.15) is 22.9 Å². The lowest BCUT2D eigenvalue weighted by Crippen LogP contribution is -2.49. The molecule has 3 fully saturated rings. The number of carboxylic acid groups (broad SMARTS) is 1. The number of methoxy groups -OCH3 is 1. The van der Waals surface area contributed by atoms with Crippen LogP contribution in [0.2, 0.25) is 0 Å². The van der Waals surface area contributed by atoms with Crippen LogP contribution in [0.3, 0.4) is 0 Å². The number of nitrogens with zero attached hydrogens (tertiary/aromatic N) is 3. The molecule has 14 nitrogen and oxygen atoms in total. The number of anilines is 3. The highest BCUT2D eigenvalue weighted by Crippen LogP contribution is 2.56. The molecule has 0 saturated heterocycles. The third-order valence-corrected chi connectivity index (χ3v) is 8.95. The highest BCUT2D eigenvalue weighted by molar-refractivity contribution is 5.96. The number of aromatic nitrogens is 3. The van der Waals surface area contributed by atoms with Gasteiger partial charge in [0.05, 0.1) is 24.4 Å². The van der Waals surface area contributed by atoms with Gasteiger partial charge in [0.2, 0.25) is 0 Å². The van der Waals surface area contributed by atoms with E-state index in [2.05, 4.69) is 20.7 Å².